The second-order valence-electron chi connectivity index (χ2n) is 8.50. The van der Waals surface area contributed by atoms with Gasteiger partial charge in [-0.1, -0.05) is 19.9 Å². The van der Waals surface area contributed by atoms with E-state index in [0.717, 1.165) is 28.5 Å². The summed E-state index contributed by atoms with van der Waals surface area (Å²) in [6.07, 6.45) is 5.80. The quantitative estimate of drug-likeness (QED) is 0.347. The zero-order valence-electron chi connectivity index (χ0n) is 18.3. The van der Waals surface area contributed by atoms with Crippen LogP contribution < -0.4 is 16.0 Å². The fraction of sp³-hybridized carbons (Fsp3) is 0.250. The highest BCUT2D eigenvalue weighted by molar-refractivity contribution is 5.94. The SMILES string of the molecule is CC(C)C[C@H](N)COc1cncc(-c2ccc3[nH]nc(-c4nc(=O)c5ccoc5[nH]4)c3c2)c1. The van der Waals surface area contributed by atoms with Gasteiger partial charge >= 0.3 is 0 Å². The van der Waals surface area contributed by atoms with Gasteiger partial charge in [0, 0.05) is 23.2 Å². The molecule has 0 amide bonds. The highest BCUT2D eigenvalue weighted by Gasteiger charge is 2.15. The Bertz CT molecular complexity index is 1480. The number of nitrogens with two attached hydrogens (primary N) is 1. The van der Waals surface area contributed by atoms with Crippen molar-refractivity contribution >= 4 is 22.0 Å². The van der Waals surface area contributed by atoms with Crippen molar-refractivity contribution in [1.29, 1.82) is 0 Å². The average molecular weight is 444 g/mol. The number of furan rings is 1. The first-order valence-electron chi connectivity index (χ1n) is 10.8. The standard InChI is InChI=1S/C24H24N6O3/c1-13(2)7-16(25)12-33-17-8-15(10-26-11-17)14-3-4-20-19(9-14)21(30-29-20)22-27-23(31)18-5-6-32-24(18)28-22/h3-6,8-11,13,16H,7,12,25H2,1-2H3,(H,29,30)(H,27,28,31)/t16-/m0/s1. The summed E-state index contributed by atoms with van der Waals surface area (Å²) in [5.74, 6) is 1.51. The summed E-state index contributed by atoms with van der Waals surface area (Å²) in [5.41, 5.74) is 9.29. The molecule has 4 heterocycles. The van der Waals surface area contributed by atoms with Crippen LogP contribution in [0.3, 0.4) is 0 Å². The minimum Gasteiger partial charge on any atom is -0.490 e. The van der Waals surface area contributed by atoms with Crippen molar-refractivity contribution in [3.8, 4) is 28.4 Å². The summed E-state index contributed by atoms with van der Waals surface area (Å²) in [6.45, 7) is 4.71. The minimum absolute atomic E-state index is 0.0281. The zero-order valence-corrected chi connectivity index (χ0v) is 18.3. The molecule has 5 rings (SSSR count). The number of pyridine rings is 1. The highest BCUT2D eigenvalue weighted by Crippen LogP contribution is 2.30. The molecular formula is C24H24N6O3. The van der Waals surface area contributed by atoms with Crippen LogP contribution >= 0.6 is 0 Å². The van der Waals surface area contributed by atoms with Gasteiger partial charge in [0.05, 0.1) is 18.0 Å². The van der Waals surface area contributed by atoms with Gasteiger partial charge in [0.1, 0.15) is 23.4 Å². The summed E-state index contributed by atoms with van der Waals surface area (Å²) in [4.78, 5) is 23.8. The van der Waals surface area contributed by atoms with E-state index in [1.165, 1.54) is 6.26 Å². The Labute approximate surface area is 189 Å². The van der Waals surface area contributed by atoms with Crippen LogP contribution in [0.2, 0.25) is 0 Å². The molecule has 4 N–H and O–H groups in total. The molecule has 168 valence electrons. The van der Waals surface area contributed by atoms with Crippen molar-refractivity contribution in [2.45, 2.75) is 26.3 Å². The second-order valence-corrected chi connectivity index (χ2v) is 8.50. The molecule has 9 nitrogen and oxygen atoms in total. The summed E-state index contributed by atoms with van der Waals surface area (Å²) in [6, 6.07) is 9.37. The summed E-state index contributed by atoms with van der Waals surface area (Å²) in [5, 5.41) is 8.57. The molecule has 1 atom stereocenters. The third-order valence-corrected chi connectivity index (χ3v) is 5.41. The molecule has 33 heavy (non-hydrogen) atoms. The van der Waals surface area contributed by atoms with E-state index in [0.29, 0.717) is 40.9 Å². The van der Waals surface area contributed by atoms with E-state index in [2.05, 4.69) is 39.0 Å². The van der Waals surface area contributed by atoms with E-state index < -0.39 is 0 Å². The molecule has 0 aliphatic carbocycles. The molecule has 0 saturated carbocycles. The second kappa shape index (κ2) is 8.51. The van der Waals surface area contributed by atoms with Crippen LogP contribution in [0.25, 0.3) is 44.6 Å². The Morgan fingerprint density at radius 2 is 2.00 bits per heavy atom. The number of aromatic nitrogens is 5. The van der Waals surface area contributed by atoms with Crippen LogP contribution in [0.4, 0.5) is 0 Å². The molecule has 0 spiro atoms. The molecule has 0 fully saturated rings. The molecule has 4 aromatic heterocycles. The maximum atomic E-state index is 12.3. The van der Waals surface area contributed by atoms with Crippen molar-refractivity contribution in [3.63, 3.8) is 0 Å². The zero-order chi connectivity index (χ0) is 22.9. The fourth-order valence-corrected chi connectivity index (χ4v) is 3.89. The number of aromatic amines is 2. The molecule has 0 bridgehead atoms. The summed E-state index contributed by atoms with van der Waals surface area (Å²) >= 11 is 0. The third kappa shape index (κ3) is 4.22. The maximum absolute atomic E-state index is 12.3. The first-order chi connectivity index (χ1) is 16.0. The lowest BCUT2D eigenvalue weighted by molar-refractivity contribution is 0.270. The minimum atomic E-state index is -0.371. The summed E-state index contributed by atoms with van der Waals surface area (Å²) in [7, 11) is 0. The monoisotopic (exact) mass is 444 g/mol. The molecule has 0 radical (unpaired) electrons. The Balaban J connectivity index is 1.47. The van der Waals surface area contributed by atoms with Gasteiger partial charge in [0.2, 0.25) is 5.71 Å². The van der Waals surface area contributed by atoms with Crippen molar-refractivity contribution in [2.75, 3.05) is 6.61 Å². The molecule has 9 heteroatoms. The summed E-state index contributed by atoms with van der Waals surface area (Å²) < 4.78 is 11.2. The van der Waals surface area contributed by atoms with Crippen LogP contribution in [0.5, 0.6) is 5.75 Å². The number of hydrogen-bond donors (Lipinski definition) is 3. The Morgan fingerprint density at radius 1 is 1.12 bits per heavy atom. The van der Waals surface area contributed by atoms with Gasteiger partial charge in [0.15, 0.2) is 5.82 Å². The normalized spacial score (nSPS) is 12.6. The molecule has 1 aromatic carbocycles. The molecule has 5 aromatic rings. The van der Waals surface area contributed by atoms with Gasteiger partial charge in [-0.05, 0) is 42.2 Å². The van der Waals surface area contributed by atoms with E-state index in [1.807, 2.05) is 24.3 Å². The molecule has 0 unspecified atom stereocenters. The highest BCUT2D eigenvalue weighted by atomic mass is 16.5. The number of nitrogens with zero attached hydrogens (tertiary/aromatic N) is 3. The van der Waals surface area contributed by atoms with Gasteiger partial charge in [-0.2, -0.15) is 10.1 Å². The Kier molecular flexibility index (Phi) is 5.39. The average Bonchev–Trinajstić information content (AvgIpc) is 3.44. The van der Waals surface area contributed by atoms with Crippen molar-refractivity contribution in [3.05, 3.63) is 59.3 Å². The number of ether oxygens (including phenoxy) is 1. The van der Waals surface area contributed by atoms with Crippen LogP contribution in [0, 0.1) is 5.92 Å². The molecule has 0 saturated heterocycles. The van der Waals surface area contributed by atoms with Gasteiger partial charge in [0.25, 0.3) is 5.56 Å². The fourth-order valence-electron chi connectivity index (χ4n) is 3.89. The van der Waals surface area contributed by atoms with Gasteiger partial charge < -0.3 is 19.9 Å². The number of benzene rings is 1. The first kappa shape index (κ1) is 20.9. The van der Waals surface area contributed by atoms with Crippen LogP contribution in [0.1, 0.15) is 20.3 Å². The van der Waals surface area contributed by atoms with Crippen molar-refractivity contribution in [2.24, 2.45) is 11.7 Å². The Morgan fingerprint density at radius 3 is 2.85 bits per heavy atom. The Hall–Kier alpha value is -3.98. The van der Waals surface area contributed by atoms with Gasteiger partial charge in [-0.3, -0.25) is 14.9 Å². The predicted molar refractivity (Wildman–Crippen MR) is 126 cm³/mol. The maximum Gasteiger partial charge on any atom is 0.284 e. The van der Waals surface area contributed by atoms with Gasteiger partial charge in [-0.15, -0.1) is 0 Å². The number of rotatable bonds is 7. The predicted octanol–water partition coefficient (Wildman–Crippen LogP) is 3.87. The number of hydrogen-bond acceptors (Lipinski definition) is 7. The van der Waals surface area contributed by atoms with Crippen LogP contribution in [0.15, 0.2) is 58.2 Å². The lowest BCUT2D eigenvalue weighted by atomic mass is 10.0. The number of nitrogens with one attached hydrogen (secondary N) is 2. The number of fused-ring (bicyclic) bond motifs is 2. The van der Waals surface area contributed by atoms with Gasteiger partial charge in [-0.25, -0.2) is 0 Å². The van der Waals surface area contributed by atoms with E-state index in [4.69, 9.17) is 14.9 Å². The van der Waals surface area contributed by atoms with E-state index >= 15 is 0 Å². The van der Waals surface area contributed by atoms with Crippen LogP contribution in [-0.4, -0.2) is 37.8 Å². The van der Waals surface area contributed by atoms with E-state index in [9.17, 15) is 4.79 Å². The molecular weight excluding hydrogens is 420 g/mol. The smallest absolute Gasteiger partial charge is 0.284 e. The number of H-pyrrole nitrogens is 2. The van der Waals surface area contributed by atoms with Crippen molar-refractivity contribution in [1.82, 2.24) is 25.1 Å². The topological polar surface area (TPSA) is 136 Å². The molecule has 0 aliphatic heterocycles. The lowest BCUT2D eigenvalue weighted by Crippen LogP contribution is -2.29. The van der Waals surface area contributed by atoms with E-state index in [-0.39, 0.29) is 11.6 Å². The lowest BCUT2D eigenvalue weighted by Gasteiger charge is -2.15. The largest absolute Gasteiger partial charge is 0.490 e. The third-order valence-electron chi connectivity index (χ3n) is 5.41. The van der Waals surface area contributed by atoms with Crippen molar-refractivity contribution < 1.29 is 9.15 Å². The first-order valence-corrected chi connectivity index (χ1v) is 10.8. The molecule has 0 aliphatic rings. The van der Waals surface area contributed by atoms with Crippen LogP contribution in [-0.2, 0) is 0 Å². The van der Waals surface area contributed by atoms with E-state index in [1.54, 1.807) is 18.5 Å².